The van der Waals surface area contributed by atoms with Gasteiger partial charge in [0.05, 0.1) is 18.4 Å². The molecule has 3 atom stereocenters. The molecule has 4 heterocycles. The van der Waals surface area contributed by atoms with E-state index in [2.05, 4.69) is 40.8 Å². The maximum atomic E-state index is 14.0. The molecule has 26 heteroatoms. The predicted molar refractivity (Wildman–Crippen MR) is 201 cm³/mol. The second kappa shape index (κ2) is 21.7. The highest BCUT2D eigenvalue weighted by molar-refractivity contribution is 9.10. The Morgan fingerprint density at radius 3 is 2.34 bits per heavy atom. The van der Waals surface area contributed by atoms with E-state index >= 15 is 0 Å². The number of alkyl halides is 2. The van der Waals surface area contributed by atoms with E-state index in [-0.39, 0.29) is 44.7 Å². The van der Waals surface area contributed by atoms with E-state index in [0.717, 1.165) is 68.4 Å². The number of anilines is 2. The molecule has 56 heavy (non-hydrogen) atoms. The largest absolute Gasteiger partial charge is 0.471 e. The molecule has 3 amide bonds. The lowest BCUT2D eigenvalue weighted by molar-refractivity contribution is -0.140. The minimum absolute atomic E-state index is 0. The molecule has 18 nitrogen and oxygen atoms in total. The number of carbonyl (C=O) groups is 2. The molecule has 0 radical (unpaired) electrons. The number of hydrogen-bond acceptors (Lipinski definition) is 14. The molecule has 2 saturated heterocycles. The summed E-state index contributed by atoms with van der Waals surface area (Å²) < 4.78 is 96.1. The highest BCUT2D eigenvalue weighted by Gasteiger charge is 2.59. The van der Waals surface area contributed by atoms with Gasteiger partial charge >= 0.3 is 17.6 Å². The minimum atomic E-state index is -3.71. The predicted octanol–water partition coefficient (Wildman–Crippen LogP) is 2.50. The second-order valence-electron chi connectivity index (χ2n) is 11.9. The topological polar surface area (TPSA) is 275 Å². The highest BCUT2D eigenvalue weighted by Crippen LogP contribution is 2.42. The van der Waals surface area contributed by atoms with Crippen molar-refractivity contribution in [2.45, 2.75) is 56.6 Å². The molecule has 2 aromatic heterocycles. The van der Waals surface area contributed by atoms with E-state index in [4.69, 9.17) is 30.6 Å². The standard InChI is InChI=1S/C20H24BrF2N5O3S.C9H11F2N3O4.CH4O3S.ClH/c21-12-9-14(22)13(15(23)10-12)11-31-18-16(17(24)29)19(32-27-18)26-20(30)25-5-1-2-6-28-7-3-4-8-28;10-9(11)6(16)4(3-15)18-7(9)14-2-1-5(12)13-8(14)17;1-5(2,3)4;/h9-10H,1-8,11H2,(H2,24,29)(H2,25,26,30);1-2,4,6-7,15-16H,3H2,(H2,12,13,17);1H3,(H,2,3,4);1H/t;4-,6-,7-;;/m.1../s1. The van der Waals surface area contributed by atoms with E-state index in [9.17, 15) is 45.5 Å². The number of rotatable bonds is 12. The third kappa shape index (κ3) is 14.4. The molecular formula is C30H40BrClF4N8O10S2. The van der Waals surface area contributed by atoms with Crippen molar-refractivity contribution >= 4 is 72.7 Å². The number of nitrogen functional groups attached to an aromatic ring is 1. The number of urea groups is 1. The summed E-state index contributed by atoms with van der Waals surface area (Å²) in [5.41, 5.74) is 9.13. The molecular weight excluding hydrogens is 888 g/mol. The molecule has 0 saturated carbocycles. The lowest BCUT2D eigenvalue weighted by atomic mass is 10.1. The van der Waals surface area contributed by atoms with E-state index in [1.54, 1.807) is 0 Å². The lowest BCUT2D eigenvalue weighted by Crippen LogP contribution is -2.41. The maximum absolute atomic E-state index is 14.0. The van der Waals surface area contributed by atoms with E-state index < -0.39 is 77.0 Å². The number of nitrogens with two attached hydrogens (primary N) is 2. The van der Waals surface area contributed by atoms with Crippen molar-refractivity contribution in [3.05, 3.63) is 62.1 Å². The van der Waals surface area contributed by atoms with Crippen LogP contribution in [0.3, 0.4) is 0 Å². The van der Waals surface area contributed by atoms with Crippen LogP contribution in [0, 0.1) is 11.6 Å². The molecule has 3 aromatic rings. The number of aromatic nitrogens is 3. The summed E-state index contributed by atoms with van der Waals surface area (Å²) in [6.45, 7) is 2.49. The van der Waals surface area contributed by atoms with Crippen LogP contribution in [0.2, 0.25) is 0 Å². The number of halogens is 6. The molecule has 2 aliphatic rings. The molecule has 314 valence electrons. The van der Waals surface area contributed by atoms with Gasteiger partial charge in [-0.05, 0) is 75.0 Å². The molecule has 9 N–H and O–H groups in total. The molecule has 5 rings (SSSR count). The molecule has 2 fully saturated rings. The summed E-state index contributed by atoms with van der Waals surface area (Å²) in [5, 5.41) is 23.5. The Bertz CT molecular complexity index is 1930. The van der Waals surface area contributed by atoms with Crippen LogP contribution in [0.5, 0.6) is 5.88 Å². The van der Waals surface area contributed by atoms with Crippen molar-refractivity contribution in [2.75, 3.05) is 50.1 Å². The molecule has 0 unspecified atom stereocenters. The van der Waals surface area contributed by atoms with Crippen molar-refractivity contribution in [1.82, 2.24) is 24.1 Å². The fourth-order valence-corrected chi connectivity index (χ4v) is 6.20. The third-order valence-corrected chi connectivity index (χ3v) is 8.85. The Morgan fingerprint density at radius 1 is 1.20 bits per heavy atom. The number of amides is 3. The van der Waals surface area contributed by atoms with Crippen LogP contribution >= 0.6 is 39.9 Å². The van der Waals surface area contributed by atoms with Gasteiger partial charge in [-0.1, -0.05) is 15.9 Å². The van der Waals surface area contributed by atoms with Crippen LogP contribution in [0.15, 0.2) is 33.7 Å². The van der Waals surface area contributed by atoms with Crippen LogP contribution in [-0.4, -0.2) is 111 Å². The number of unbranched alkanes of at least 4 members (excludes halogenated alkanes) is 1. The monoisotopic (exact) mass is 926 g/mol. The smallest absolute Gasteiger partial charge is 0.351 e. The van der Waals surface area contributed by atoms with Crippen LogP contribution in [0.25, 0.3) is 0 Å². The zero-order chi connectivity index (χ0) is 41.1. The zero-order valence-corrected chi connectivity index (χ0v) is 33.4. The number of nitrogens with one attached hydrogen (secondary N) is 2. The Morgan fingerprint density at radius 2 is 1.80 bits per heavy atom. The van der Waals surface area contributed by atoms with E-state index in [1.165, 1.54) is 12.8 Å². The highest BCUT2D eigenvalue weighted by atomic mass is 79.9. The SMILES string of the molecule is CS(=O)(=O)O.Cl.NC(=O)c1c(OCc2c(F)cc(Br)cc2F)nsc1NC(=O)NCCCCN1CCCC1.Nc1ccn([C@@H]2O[C@H](CO)[C@@H](O)C2(F)F)c(=O)n1. The summed E-state index contributed by atoms with van der Waals surface area (Å²) in [4.78, 5) is 41.2. The van der Waals surface area contributed by atoms with Crippen molar-refractivity contribution < 1.29 is 59.8 Å². The van der Waals surface area contributed by atoms with E-state index in [1.807, 2.05) is 0 Å². The van der Waals surface area contributed by atoms with Gasteiger partial charge in [-0.25, -0.2) is 18.4 Å². The average Bonchev–Trinajstić information content (AvgIpc) is 3.79. The maximum Gasteiger partial charge on any atom is 0.351 e. The normalized spacial score (nSPS) is 18.8. The quantitative estimate of drug-likeness (QED) is 0.0782. The summed E-state index contributed by atoms with van der Waals surface area (Å²) >= 11 is 3.79. The number of nitrogens with zero attached hydrogens (tertiary/aromatic N) is 4. The number of aliphatic hydroxyl groups excluding tert-OH is 2. The van der Waals surface area contributed by atoms with Gasteiger partial charge in [0, 0.05) is 17.2 Å². The first-order chi connectivity index (χ1) is 25.7. The minimum Gasteiger partial charge on any atom is -0.471 e. The molecule has 1 aromatic carbocycles. The number of primary amides is 1. The van der Waals surface area contributed by atoms with Crippen LogP contribution in [0.4, 0.5) is 33.2 Å². The zero-order valence-electron chi connectivity index (χ0n) is 29.4. The Kier molecular flexibility index (Phi) is 18.8. The second-order valence-corrected chi connectivity index (χ2v) is 15.1. The Hall–Kier alpha value is -3.69. The van der Waals surface area contributed by atoms with Crippen LogP contribution in [0.1, 0.15) is 47.8 Å². The summed E-state index contributed by atoms with van der Waals surface area (Å²) in [7, 11) is -3.67. The van der Waals surface area contributed by atoms with E-state index in [0.29, 0.717) is 17.4 Å². The van der Waals surface area contributed by atoms with Gasteiger partial charge in [-0.2, -0.15) is 26.6 Å². The number of hydrogen-bond donors (Lipinski definition) is 7. The van der Waals surface area contributed by atoms with Crippen molar-refractivity contribution in [3.8, 4) is 5.88 Å². The van der Waals surface area contributed by atoms with Gasteiger partial charge in [0.25, 0.3) is 16.0 Å². The molecule has 0 aliphatic carbocycles. The fourth-order valence-electron chi connectivity index (χ4n) is 5.07. The summed E-state index contributed by atoms with van der Waals surface area (Å²) in [6.07, 6.45) is 0.328. The van der Waals surface area contributed by atoms with Gasteiger partial charge in [-0.3, -0.25) is 19.2 Å². The lowest BCUT2D eigenvalue weighted by Gasteiger charge is -2.20. The molecule has 2 aliphatic heterocycles. The number of likely N-dealkylation sites (tertiary alicyclic amines) is 1. The van der Waals surface area contributed by atoms with Crippen molar-refractivity contribution in [3.63, 3.8) is 0 Å². The van der Waals surface area contributed by atoms with Crippen molar-refractivity contribution in [1.29, 1.82) is 0 Å². The molecule has 0 spiro atoms. The van der Waals surface area contributed by atoms with Gasteiger partial charge in [-0.15, -0.1) is 12.4 Å². The van der Waals surface area contributed by atoms with Gasteiger partial charge in [0.2, 0.25) is 12.1 Å². The van der Waals surface area contributed by atoms with Crippen LogP contribution in [-0.2, 0) is 21.5 Å². The summed E-state index contributed by atoms with van der Waals surface area (Å²) in [5.74, 6) is -6.53. The number of carbonyl (C=O) groups excluding carboxylic acids is 2. The fraction of sp³-hybridized carbons (Fsp3) is 0.500. The Balaban J connectivity index is 0.000000379. The van der Waals surface area contributed by atoms with Gasteiger partial charge in [0.1, 0.15) is 40.7 Å². The van der Waals surface area contributed by atoms with Crippen LogP contribution < -0.4 is 32.5 Å². The number of benzene rings is 1. The first-order valence-electron chi connectivity index (χ1n) is 16.1. The summed E-state index contributed by atoms with van der Waals surface area (Å²) in [6, 6.07) is 2.84. The third-order valence-electron chi connectivity index (χ3n) is 7.64. The number of aliphatic hydroxyl groups is 2. The molecule has 0 bridgehead atoms. The first-order valence-corrected chi connectivity index (χ1v) is 19.6. The number of ether oxygens (including phenoxy) is 2. The van der Waals surface area contributed by atoms with Gasteiger partial charge < -0.3 is 41.4 Å². The Labute approximate surface area is 336 Å². The first kappa shape index (κ1) is 48.5. The van der Waals surface area contributed by atoms with Gasteiger partial charge in [0.15, 0.2) is 6.10 Å². The average molecular weight is 928 g/mol. The van der Waals surface area contributed by atoms with Crippen molar-refractivity contribution in [2.24, 2.45) is 5.73 Å².